The zero-order valence-corrected chi connectivity index (χ0v) is 24.7. The number of aliphatic hydroxyl groups is 2. The minimum absolute atomic E-state index is 0.0121. The second-order valence-corrected chi connectivity index (χ2v) is 10.8. The molecule has 8 nitrogen and oxygen atoms in total. The Kier molecular flexibility index (Phi) is 7.90. The van der Waals surface area contributed by atoms with Crippen LogP contribution in [0.25, 0.3) is 11.1 Å². The molecular weight excluding hydrogens is 560 g/mol. The largest absolute Gasteiger partial charge is 0.497 e. The lowest BCUT2D eigenvalue weighted by atomic mass is 9.92. The molecule has 0 amide bonds. The molecule has 224 valence electrons. The zero-order valence-electron chi connectivity index (χ0n) is 24.7. The predicted octanol–water partition coefficient (Wildman–Crippen LogP) is 5.61. The summed E-state index contributed by atoms with van der Waals surface area (Å²) in [4.78, 5) is 23.5. The van der Waals surface area contributed by atoms with Crippen molar-refractivity contribution in [2.45, 2.75) is 25.0 Å². The van der Waals surface area contributed by atoms with Gasteiger partial charge in [-0.25, -0.2) is 9.59 Å². The van der Waals surface area contributed by atoms with Gasteiger partial charge in [0.25, 0.3) is 0 Å². The molecule has 0 spiro atoms. The number of ether oxygens (including phenoxy) is 2. The van der Waals surface area contributed by atoms with Crippen molar-refractivity contribution in [1.82, 2.24) is 0 Å². The number of carboxylic acid groups (broad SMARTS) is 2. The van der Waals surface area contributed by atoms with Gasteiger partial charge in [-0.3, -0.25) is 0 Å². The molecule has 8 heteroatoms. The molecule has 0 aliphatic heterocycles. The molecule has 44 heavy (non-hydrogen) atoms. The lowest BCUT2D eigenvalue weighted by Gasteiger charge is -2.20. The fourth-order valence-electron chi connectivity index (χ4n) is 6.01. The highest BCUT2D eigenvalue weighted by atomic mass is 16.5. The van der Waals surface area contributed by atoms with E-state index < -0.39 is 23.1 Å². The van der Waals surface area contributed by atoms with Crippen LogP contribution in [0.1, 0.15) is 47.2 Å². The van der Waals surface area contributed by atoms with Gasteiger partial charge in [-0.1, -0.05) is 72.8 Å². The van der Waals surface area contributed by atoms with Gasteiger partial charge in [0.05, 0.1) is 25.4 Å². The van der Waals surface area contributed by atoms with Crippen LogP contribution in [0.5, 0.6) is 11.5 Å². The summed E-state index contributed by atoms with van der Waals surface area (Å²) < 4.78 is 10.4. The number of hydrogen-bond acceptors (Lipinski definition) is 6. The van der Waals surface area contributed by atoms with Crippen molar-refractivity contribution in [2.75, 3.05) is 14.2 Å². The monoisotopic (exact) mass is 592 g/mol. The van der Waals surface area contributed by atoms with Gasteiger partial charge in [0, 0.05) is 11.1 Å². The van der Waals surface area contributed by atoms with E-state index >= 15 is 0 Å². The van der Waals surface area contributed by atoms with Crippen molar-refractivity contribution < 1.29 is 39.5 Å². The molecule has 4 aromatic carbocycles. The van der Waals surface area contributed by atoms with E-state index in [9.17, 15) is 30.0 Å². The molecule has 0 bridgehead atoms. The molecule has 0 radical (unpaired) electrons. The maximum atomic E-state index is 11.8. The molecule has 4 N–H and O–H groups in total. The van der Waals surface area contributed by atoms with Crippen LogP contribution >= 0.6 is 0 Å². The Morgan fingerprint density at radius 2 is 0.909 bits per heavy atom. The normalized spacial score (nSPS) is 20.0. The molecule has 4 aromatic rings. The fourth-order valence-corrected chi connectivity index (χ4v) is 6.01. The van der Waals surface area contributed by atoms with Gasteiger partial charge in [0.1, 0.15) is 22.7 Å². The van der Waals surface area contributed by atoms with E-state index in [0.717, 1.165) is 22.3 Å². The number of rotatable bonds is 6. The Morgan fingerprint density at radius 1 is 0.568 bits per heavy atom. The van der Waals surface area contributed by atoms with E-state index in [4.69, 9.17) is 9.47 Å². The summed E-state index contributed by atoms with van der Waals surface area (Å²) in [5.74, 6) is -1.09. The summed E-state index contributed by atoms with van der Waals surface area (Å²) in [5, 5.41) is 40.9. The van der Waals surface area contributed by atoms with E-state index in [1.165, 1.54) is 28.1 Å². The summed E-state index contributed by atoms with van der Waals surface area (Å²) >= 11 is 0. The maximum absolute atomic E-state index is 11.8. The first-order chi connectivity index (χ1) is 20.9. The van der Waals surface area contributed by atoms with E-state index in [-0.39, 0.29) is 11.1 Å². The van der Waals surface area contributed by atoms with E-state index in [2.05, 4.69) is 0 Å². The number of aliphatic carboxylic acids is 2. The second kappa shape index (κ2) is 11.5. The second-order valence-electron chi connectivity index (χ2n) is 10.8. The van der Waals surface area contributed by atoms with Crippen LogP contribution in [0.3, 0.4) is 0 Å². The first kappa shape index (κ1) is 30.3. The Hall–Kier alpha value is -5.18. The van der Waals surface area contributed by atoms with Crippen LogP contribution in [-0.4, -0.2) is 46.6 Å². The summed E-state index contributed by atoms with van der Waals surface area (Å²) in [5.41, 5.74) is 2.00. The average Bonchev–Trinajstić information content (AvgIpc) is 3.41. The van der Waals surface area contributed by atoms with Crippen LogP contribution in [-0.2, 0) is 20.8 Å². The Bertz CT molecular complexity index is 1680. The highest BCUT2D eigenvalue weighted by Crippen LogP contribution is 2.49. The number of carboxylic acids is 2. The third-order valence-corrected chi connectivity index (χ3v) is 8.07. The third-order valence-electron chi connectivity index (χ3n) is 8.07. The van der Waals surface area contributed by atoms with Crippen molar-refractivity contribution in [2.24, 2.45) is 0 Å². The molecule has 6 rings (SSSR count). The lowest BCUT2D eigenvalue weighted by Crippen LogP contribution is -2.26. The van der Waals surface area contributed by atoms with Crippen LogP contribution in [0.15, 0.2) is 108 Å². The SMILES string of the molecule is COc1ccc2c(c1)C(C)(O)C(C(=O)O)=C2c1ccccc1.COc1ccc2c(c1)C(C)(O)C(C(=O)O)=C2c1ccccc1. The van der Waals surface area contributed by atoms with Gasteiger partial charge < -0.3 is 29.9 Å². The molecule has 2 unspecified atom stereocenters. The lowest BCUT2D eigenvalue weighted by molar-refractivity contribution is -0.136. The molecule has 0 saturated heterocycles. The van der Waals surface area contributed by atoms with Crippen molar-refractivity contribution >= 4 is 23.1 Å². The number of hydrogen-bond donors (Lipinski definition) is 4. The first-order valence-corrected chi connectivity index (χ1v) is 13.8. The van der Waals surface area contributed by atoms with Crippen molar-refractivity contribution in [3.63, 3.8) is 0 Å². The average molecular weight is 593 g/mol. The van der Waals surface area contributed by atoms with Gasteiger partial charge in [0.15, 0.2) is 0 Å². The van der Waals surface area contributed by atoms with Crippen molar-refractivity contribution in [1.29, 1.82) is 0 Å². The van der Waals surface area contributed by atoms with Gasteiger partial charge in [-0.05, 0) is 71.5 Å². The summed E-state index contributed by atoms with van der Waals surface area (Å²) in [6.07, 6.45) is 0. The number of methoxy groups -OCH3 is 2. The predicted molar refractivity (Wildman–Crippen MR) is 165 cm³/mol. The fraction of sp³-hybridized carbons (Fsp3) is 0.167. The molecule has 0 saturated carbocycles. The highest BCUT2D eigenvalue weighted by molar-refractivity contribution is 6.07. The van der Waals surface area contributed by atoms with Crippen molar-refractivity contribution in [3.05, 3.63) is 142 Å². The van der Waals surface area contributed by atoms with Gasteiger partial charge in [0.2, 0.25) is 0 Å². The number of carbonyl (C=O) groups is 2. The zero-order chi connectivity index (χ0) is 31.8. The molecule has 0 heterocycles. The van der Waals surface area contributed by atoms with E-state index in [1.807, 2.05) is 60.7 Å². The molecule has 2 aliphatic rings. The standard InChI is InChI=1S/2C18H16O4/c2*1-18(21)14-10-12(22-2)8-9-13(14)15(16(18)17(19)20)11-6-4-3-5-7-11/h2*3-10,21H,1-2H3,(H,19,20). The quantitative estimate of drug-likeness (QED) is 0.227. The van der Waals surface area contributed by atoms with Gasteiger partial charge >= 0.3 is 11.9 Å². The molecule has 2 aliphatic carbocycles. The Balaban J connectivity index is 0.000000175. The molecule has 0 fully saturated rings. The van der Waals surface area contributed by atoms with E-state index in [0.29, 0.717) is 33.8 Å². The minimum Gasteiger partial charge on any atom is -0.497 e. The van der Waals surface area contributed by atoms with Crippen LogP contribution in [0.4, 0.5) is 0 Å². The van der Waals surface area contributed by atoms with Gasteiger partial charge in [-0.2, -0.15) is 0 Å². The van der Waals surface area contributed by atoms with Crippen LogP contribution in [0, 0.1) is 0 Å². The Morgan fingerprint density at radius 3 is 1.20 bits per heavy atom. The summed E-state index contributed by atoms with van der Waals surface area (Å²) in [6, 6.07) is 29.0. The smallest absolute Gasteiger partial charge is 0.335 e. The Labute approximate surface area is 254 Å². The first-order valence-electron chi connectivity index (χ1n) is 13.8. The van der Waals surface area contributed by atoms with Crippen LogP contribution in [0.2, 0.25) is 0 Å². The molecular formula is C36H32O8. The topological polar surface area (TPSA) is 134 Å². The highest BCUT2D eigenvalue weighted by Gasteiger charge is 2.45. The summed E-state index contributed by atoms with van der Waals surface area (Å²) in [7, 11) is 3.07. The third kappa shape index (κ3) is 5.04. The van der Waals surface area contributed by atoms with E-state index in [1.54, 1.807) is 36.4 Å². The van der Waals surface area contributed by atoms with Crippen molar-refractivity contribution in [3.8, 4) is 11.5 Å². The molecule has 0 aromatic heterocycles. The molecule has 2 atom stereocenters. The van der Waals surface area contributed by atoms with Gasteiger partial charge in [-0.15, -0.1) is 0 Å². The van der Waals surface area contributed by atoms with Crippen LogP contribution < -0.4 is 9.47 Å². The summed E-state index contributed by atoms with van der Waals surface area (Å²) in [6.45, 7) is 3.01. The maximum Gasteiger partial charge on any atom is 0.335 e. The number of fused-ring (bicyclic) bond motifs is 2. The minimum atomic E-state index is -1.57. The number of benzene rings is 4.